The highest BCUT2D eigenvalue weighted by Crippen LogP contribution is 2.67. The van der Waals surface area contributed by atoms with Crippen LogP contribution in [0.1, 0.15) is 0 Å². The maximum Gasteiger partial charge on any atom is 0.444 e. The number of halogens is 10. The zero-order chi connectivity index (χ0) is 20.1. The van der Waals surface area contributed by atoms with Gasteiger partial charge in [-0.2, -0.15) is 43.9 Å². The lowest BCUT2D eigenvalue weighted by Crippen LogP contribution is -2.54. The van der Waals surface area contributed by atoms with Crippen LogP contribution in [0.3, 0.4) is 0 Å². The van der Waals surface area contributed by atoms with Gasteiger partial charge in [-0.1, -0.05) is 11.8 Å². The van der Waals surface area contributed by atoms with Gasteiger partial charge in [0.15, 0.2) is 4.78 Å². The SMILES string of the molecule is COP(=O)(OC)C1=N/C(=C(/F)C(F)(F)F)C(C(F)(F)F)(C(F)(F)F)S1. The summed E-state index contributed by atoms with van der Waals surface area (Å²) in [7, 11) is -3.85. The molecule has 146 valence electrons. The minimum absolute atomic E-state index is 0.540. The molecule has 0 saturated carbocycles. The van der Waals surface area contributed by atoms with Crippen molar-refractivity contribution in [1.82, 2.24) is 0 Å². The Morgan fingerprint density at radius 3 is 1.68 bits per heavy atom. The van der Waals surface area contributed by atoms with Crippen LogP contribution in [0.2, 0.25) is 0 Å². The van der Waals surface area contributed by atoms with Gasteiger partial charge < -0.3 is 9.05 Å². The van der Waals surface area contributed by atoms with Crippen molar-refractivity contribution in [2.24, 2.45) is 4.99 Å². The fourth-order valence-corrected chi connectivity index (χ4v) is 4.48. The van der Waals surface area contributed by atoms with E-state index < -0.39 is 58.9 Å². The van der Waals surface area contributed by atoms with Crippen molar-refractivity contribution in [3.8, 4) is 0 Å². The zero-order valence-electron chi connectivity index (χ0n) is 11.8. The van der Waals surface area contributed by atoms with Crippen molar-refractivity contribution in [3.63, 3.8) is 0 Å². The number of aliphatic imine (C=N–C) groups is 1. The van der Waals surface area contributed by atoms with E-state index in [1.54, 1.807) is 0 Å². The van der Waals surface area contributed by atoms with E-state index in [1.165, 1.54) is 0 Å². The quantitative estimate of drug-likeness (QED) is 0.458. The molecule has 0 bridgehead atoms. The third-order valence-corrected chi connectivity index (χ3v) is 6.47. The molecule has 0 N–H and O–H groups in total. The summed E-state index contributed by atoms with van der Waals surface area (Å²) in [4.78, 5) is 0.645. The number of nitrogens with zero attached hydrogens (tertiary/aromatic N) is 1. The molecule has 0 aromatic heterocycles. The van der Waals surface area contributed by atoms with Gasteiger partial charge in [-0.05, 0) is 0 Å². The molecule has 0 radical (unpaired) electrons. The third kappa shape index (κ3) is 3.55. The van der Waals surface area contributed by atoms with Crippen molar-refractivity contribution in [3.05, 3.63) is 11.5 Å². The smallest absolute Gasteiger partial charge is 0.307 e. The number of thioether (sulfide) groups is 1. The second kappa shape index (κ2) is 6.43. The fraction of sp³-hybridized carbons (Fsp3) is 0.667. The first-order valence-electron chi connectivity index (χ1n) is 5.58. The van der Waals surface area contributed by atoms with Crippen LogP contribution >= 0.6 is 19.4 Å². The summed E-state index contributed by atoms with van der Waals surface area (Å²) in [5, 5.41) is 0. The van der Waals surface area contributed by atoms with Crippen LogP contribution in [0.15, 0.2) is 16.5 Å². The third-order valence-electron chi connectivity index (χ3n) is 2.76. The van der Waals surface area contributed by atoms with Crippen molar-refractivity contribution in [1.29, 1.82) is 0 Å². The Bertz CT molecular complexity index is 627. The second-order valence-corrected chi connectivity index (χ2v) is 7.85. The molecule has 25 heavy (non-hydrogen) atoms. The highest BCUT2D eigenvalue weighted by Gasteiger charge is 2.78. The summed E-state index contributed by atoms with van der Waals surface area (Å²) < 4.78 is 144. The summed E-state index contributed by atoms with van der Waals surface area (Å²) in [5.74, 6) is -3.73. The highest BCUT2D eigenvalue weighted by molar-refractivity contribution is 8.27. The zero-order valence-corrected chi connectivity index (χ0v) is 13.5. The van der Waals surface area contributed by atoms with E-state index >= 15 is 0 Å². The van der Waals surface area contributed by atoms with Crippen LogP contribution in [-0.2, 0) is 13.6 Å². The Morgan fingerprint density at radius 1 is 1.00 bits per heavy atom. The van der Waals surface area contributed by atoms with E-state index in [0.717, 1.165) is 0 Å². The lowest BCUT2D eigenvalue weighted by Gasteiger charge is -2.33. The van der Waals surface area contributed by atoms with Gasteiger partial charge in [-0.3, -0.25) is 4.57 Å². The van der Waals surface area contributed by atoms with Gasteiger partial charge in [0.25, 0.3) is 4.75 Å². The van der Waals surface area contributed by atoms with Crippen LogP contribution < -0.4 is 0 Å². The highest BCUT2D eigenvalue weighted by atomic mass is 32.2. The van der Waals surface area contributed by atoms with E-state index in [-0.39, 0.29) is 0 Å². The molecule has 1 rings (SSSR count). The minimum Gasteiger partial charge on any atom is -0.307 e. The average Bonchev–Trinajstić information content (AvgIpc) is 2.86. The average molecular weight is 429 g/mol. The number of allylic oxidation sites excluding steroid dienone is 1. The largest absolute Gasteiger partial charge is 0.444 e. The number of hydrogen-bond acceptors (Lipinski definition) is 5. The van der Waals surface area contributed by atoms with E-state index in [9.17, 15) is 48.5 Å². The molecule has 0 atom stereocenters. The van der Waals surface area contributed by atoms with E-state index in [4.69, 9.17) is 0 Å². The molecule has 0 amide bonds. The molecule has 0 unspecified atom stereocenters. The maximum atomic E-state index is 13.4. The minimum atomic E-state index is -6.48. The molecule has 0 aromatic rings. The van der Waals surface area contributed by atoms with Crippen LogP contribution in [0.4, 0.5) is 43.9 Å². The molecule has 1 aliphatic rings. The van der Waals surface area contributed by atoms with Gasteiger partial charge in [-0.25, -0.2) is 4.99 Å². The van der Waals surface area contributed by atoms with Crippen LogP contribution in [0.25, 0.3) is 0 Å². The first-order chi connectivity index (χ1) is 11.0. The van der Waals surface area contributed by atoms with Crippen molar-refractivity contribution in [2.45, 2.75) is 23.3 Å². The summed E-state index contributed by atoms with van der Waals surface area (Å²) in [6.07, 6.45) is -19.2. The normalized spacial score (nSPS) is 21.4. The molecule has 4 nitrogen and oxygen atoms in total. The monoisotopic (exact) mass is 429 g/mol. The van der Waals surface area contributed by atoms with E-state index in [2.05, 4.69) is 14.0 Å². The number of alkyl halides is 9. The molecular weight excluding hydrogens is 423 g/mol. The van der Waals surface area contributed by atoms with Crippen molar-refractivity contribution < 1.29 is 57.5 Å². The summed E-state index contributed by atoms with van der Waals surface area (Å²) >= 11 is -1.43. The molecular formula is C9H6F10NO3PS. The molecule has 0 fully saturated rings. The summed E-state index contributed by atoms with van der Waals surface area (Å²) in [5.41, 5.74) is -3.03. The van der Waals surface area contributed by atoms with E-state index in [0.29, 0.717) is 14.2 Å². The van der Waals surface area contributed by atoms with Crippen molar-refractivity contribution >= 4 is 24.1 Å². The summed E-state index contributed by atoms with van der Waals surface area (Å²) in [6.45, 7) is 0. The van der Waals surface area contributed by atoms with Gasteiger partial charge in [-0.15, -0.1) is 0 Å². The topological polar surface area (TPSA) is 47.9 Å². The van der Waals surface area contributed by atoms with Crippen LogP contribution in [0, 0.1) is 0 Å². The Labute approximate surface area is 136 Å². The van der Waals surface area contributed by atoms with Gasteiger partial charge >= 0.3 is 26.1 Å². The number of rotatable bonds is 3. The van der Waals surface area contributed by atoms with Gasteiger partial charge in [0, 0.05) is 14.2 Å². The lowest BCUT2D eigenvalue weighted by molar-refractivity contribution is -0.253. The predicted molar refractivity (Wildman–Crippen MR) is 65.7 cm³/mol. The standard InChI is InChI=1S/C9H6F10NO3PS/c1-22-24(21,23-2)5-20-4(3(10)7(11,12)13)6(25-5,8(14,15)16)9(17,18)19/h1-2H3/b4-3+. The van der Waals surface area contributed by atoms with Gasteiger partial charge in [0.05, 0.1) is 0 Å². The first kappa shape index (κ1) is 22.3. The Balaban J connectivity index is 3.90. The van der Waals surface area contributed by atoms with Gasteiger partial charge in [0.2, 0.25) is 5.83 Å². The molecule has 0 aliphatic carbocycles. The summed E-state index contributed by atoms with van der Waals surface area (Å²) in [6, 6.07) is 0. The maximum absolute atomic E-state index is 13.4. The van der Waals surface area contributed by atoms with Gasteiger partial charge in [0.1, 0.15) is 5.70 Å². The fourth-order valence-electron chi connectivity index (χ4n) is 1.61. The molecule has 0 saturated heterocycles. The van der Waals surface area contributed by atoms with E-state index in [1.807, 2.05) is 0 Å². The lowest BCUT2D eigenvalue weighted by atomic mass is 10.0. The van der Waals surface area contributed by atoms with Crippen LogP contribution in [-0.4, -0.2) is 42.3 Å². The molecule has 1 aliphatic heterocycles. The van der Waals surface area contributed by atoms with Crippen molar-refractivity contribution in [2.75, 3.05) is 14.2 Å². The Kier molecular flexibility index (Phi) is 5.72. The first-order valence-corrected chi connectivity index (χ1v) is 7.94. The Hall–Kier alpha value is -0.790. The number of hydrogen-bond donors (Lipinski definition) is 0. The predicted octanol–water partition coefficient (Wildman–Crippen LogP) is 5.18. The molecule has 0 spiro atoms. The molecule has 0 aromatic carbocycles. The second-order valence-electron chi connectivity index (χ2n) is 4.20. The molecule has 1 heterocycles. The Morgan fingerprint density at radius 2 is 1.40 bits per heavy atom. The molecule has 16 heteroatoms. The van der Waals surface area contributed by atoms with Crippen LogP contribution in [0.5, 0.6) is 0 Å².